The molecule has 0 fully saturated rings. The molecule has 0 bridgehead atoms. The van der Waals surface area contributed by atoms with E-state index in [1.807, 2.05) is 30.3 Å². The third-order valence-electron chi connectivity index (χ3n) is 2.78. The van der Waals surface area contributed by atoms with E-state index in [0.717, 1.165) is 5.56 Å². The first-order valence-electron chi connectivity index (χ1n) is 6.32. The molecule has 3 aromatic rings. The molecule has 0 saturated carbocycles. The summed E-state index contributed by atoms with van der Waals surface area (Å²) in [6, 6.07) is 11.2. The summed E-state index contributed by atoms with van der Waals surface area (Å²) in [5, 5.41) is 6.72. The Morgan fingerprint density at radius 1 is 1.14 bits per heavy atom. The van der Waals surface area contributed by atoms with Crippen molar-refractivity contribution >= 4 is 11.7 Å². The molecule has 0 saturated heterocycles. The number of nitrogens with zero attached hydrogens (tertiary/aromatic N) is 5. The maximum Gasteiger partial charge on any atom is 0.229 e. The van der Waals surface area contributed by atoms with Gasteiger partial charge in [0.15, 0.2) is 5.82 Å². The Balaban J connectivity index is 1.70. The summed E-state index contributed by atoms with van der Waals surface area (Å²) in [6.07, 6.45) is 4.60. The van der Waals surface area contributed by atoms with Crippen LogP contribution in [0.25, 0.3) is 5.82 Å². The van der Waals surface area contributed by atoms with Crippen LogP contribution in [0.15, 0.2) is 55.4 Å². The summed E-state index contributed by atoms with van der Waals surface area (Å²) in [5.74, 6) is 0.832. The number of amides is 1. The van der Waals surface area contributed by atoms with Gasteiger partial charge in [-0.15, -0.1) is 0 Å². The normalized spacial score (nSPS) is 10.3. The quantitative estimate of drug-likeness (QED) is 0.777. The van der Waals surface area contributed by atoms with Gasteiger partial charge in [-0.2, -0.15) is 5.10 Å². The van der Waals surface area contributed by atoms with Crippen molar-refractivity contribution < 1.29 is 4.79 Å². The van der Waals surface area contributed by atoms with Gasteiger partial charge in [0, 0.05) is 6.07 Å². The Labute approximate surface area is 120 Å². The maximum absolute atomic E-state index is 12.0. The summed E-state index contributed by atoms with van der Waals surface area (Å²) in [5.41, 5.74) is 0.945. The predicted molar refractivity (Wildman–Crippen MR) is 75.7 cm³/mol. The smallest absolute Gasteiger partial charge is 0.229 e. The fraction of sp³-hybridized carbons (Fsp3) is 0.0714. The molecule has 7 heteroatoms. The Bertz CT molecular complexity index is 726. The topological polar surface area (TPSA) is 85.6 Å². The van der Waals surface area contributed by atoms with Crippen LogP contribution in [0.4, 0.5) is 5.82 Å². The van der Waals surface area contributed by atoms with Gasteiger partial charge < -0.3 is 5.32 Å². The number of hydrogen-bond acceptors (Lipinski definition) is 5. The highest BCUT2D eigenvalue weighted by Gasteiger charge is 2.07. The standard InChI is InChI=1S/C14H12N6O/c21-14(6-11-4-2-1-3-5-11)19-12-7-13(17-9-16-12)20-10-15-8-18-20/h1-5,7-10H,6H2,(H,16,17,19,21). The van der Waals surface area contributed by atoms with Crippen molar-refractivity contribution in [3.8, 4) is 5.82 Å². The highest BCUT2D eigenvalue weighted by Crippen LogP contribution is 2.08. The average Bonchev–Trinajstić information content (AvgIpc) is 3.02. The average molecular weight is 280 g/mol. The first-order valence-corrected chi connectivity index (χ1v) is 6.32. The van der Waals surface area contributed by atoms with E-state index in [4.69, 9.17) is 0 Å². The Morgan fingerprint density at radius 3 is 2.76 bits per heavy atom. The zero-order valence-corrected chi connectivity index (χ0v) is 11.0. The van der Waals surface area contributed by atoms with Crippen molar-refractivity contribution in [1.29, 1.82) is 0 Å². The molecule has 1 amide bonds. The van der Waals surface area contributed by atoms with Crippen molar-refractivity contribution in [2.75, 3.05) is 5.32 Å². The third kappa shape index (κ3) is 3.27. The number of nitrogens with one attached hydrogen (secondary N) is 1. The summed E-state index contributed by atoms with van der Waals surface area (Å²) >= 11 is 0. The Morgan fingerprint density at radius 2 is 2.00 bits per heavy atom. The minimum atomic E-state index is -0.135. The number of rotatable bonds is 4. The minimum Gasteiger partial charge on any atom is -0.310 e. The van der Waals surface area contributed by atoms with Gasteiger partial charge in [0.2, 0.25) is 5.91 Å². The molecule has 0 atom stereocenters. The van der Waals surface area contributed by atoms with Crippen molar-refractivity contribution in [2.24, 2.45) is 0 Å². The second-order valence-corrected chi connectivity index (χ2v) is 4.31. The van der Waals surface area contributed by atoms with Crippen LogP contribution in [0.2, 0.25) is 0 Å². The second-order valence-electron chi connectivity index (χ2n) is 4.31. The molecule has 21 heavy (non-hydrogen) atoms. The van der Waals surface area contributed by atoms with Crippen molar-refractivity contribution in [2.45, 2.75) is 6.42 Å². The number of benzene rings is 1. The zero-order valence-electron chi connectivity index (χ0n) is 11.0. The van der Waals surface area contributed by atoms with Gasteiger partial charge in [-0.1, -0.05) is 30.3 Å². The molecule has 0 unspecified atom stereocenters. The van der Waals surface area contributed by atoms with Crippen LogP contribution in [0.5, 0.6) is 0 Å². The Kier molecular flexibility index (Phi) is 3.64. The number of carbonyl (C=O) groups excluding carboxylic acids is 1. The highest BCUT2D eigenvalue weighted by atomic mass is 16.1. The lowest BCUT2D eigenvalue weighted by Gasteiger charge is -2.05. The molecule has 0 aliphatic rings. The van der Waals surface area contributed by atoms with E-state index >= 15 is 0 Å². The van der Waals surface area contributed by atoms with Crippen LogP contribution in [-0.4, -0.2) is 30.6 Å². The molecule has 0 aliphatic heterocycles. The van der Waals surface area contributed by atoms with Crippen LogP contribution in [0.1, 0.15) is 5.56 Å². The largest absolute Gasteiger partial charge is 0.310 e. The first-order chi connectivity index (χ1) is 10.3. The van der Waals surface area contributed by atoms with Crippen LogP contribution in [0.3, 0.4) is 0 Å². The molecular weight excluding hydrogens is 268 g/mol. The van der Waals surface area contributed by atoms with E-state index in [9.17, 15) is 4.79 Å². The molecule has 1 N–H and O–H groups in total. The van der Waals surface area contributed by atoms with Crippen molar-refractivity contribution in [1.82, 2.24) is 24.7 Å². The van der Waals surface area contributed by atoms with Gasteiger partial charge in [0.1, 0.15) is 24.8 Å². The van der Waals surface area contributed by atoms with Crippen LogP contribution in [-0.2, 0) is 11.2 Å². The molecule has 2 aromatic heterocycles. The molecule has 0 radical (unpaired) electrons. The van der Waals surface area contributed by atoms with Gasteiger partial charge in [0.25, 0.3) is 0 Å². The van der Waals surface area contributed by atoms with Crippen molar-refractivity contribution in [3.63, 3.8) is 0 Å². The summed E-state index contributed by atoms with van der Waals surface area (Å²) in [4.78, 5) is 23.9. The maximum atomic E-state index is 12.0. The highest BCUT2D eigenvalue weighted by molar-refractivity contribution is 5.91. The Hall–Kier alpha value is -3.09. The fourth-order valence-corrected chi connectivity index (χ4v) is 1.84. The van der Waals surface area contributed by atoms with E-state index in [-0.39, 0.29) is 5.91 Å². The molecule has 104 valence electrons. The van der Waals surface area contributed by atoms with E-state index in [2.05, 4.69) is 25.4 Å². The van der Waals surface area contributed by atoms with E-state index in [1.165, 1.54) is 23.7 Å². The van der Waals surface area contributed by atoms with Gasteiger partial charge in [0.05, 0.1) is 6.42 Å². The lowest BCUT2D eigenvalue weighted by molar-refractivity contribution is -0.115. The van der Waals surface area contributed by atoms with E-state index < -0.39 is 0 Å². The first kappa shape index (κ1) is 12.9. The molecule has 0 aliphatic carbocycles. The third-order valence-corrected chi connectivity index (χ3v) is 2.78. The predicted octanol–water partition coefficient (Wildman–Crippen LogP) is 1.24. The van der Waals surface area contributed by atoms with Crippen LogP contribution in [0, 0.1) is 0 Å². The lowest BCUT2D eigenvalue weighted by atomic mass is 10.1. The number of aromatic nitrogens is 5. The fourth-order valence-electron chi connectivity index (χ4n) is 1.84. The van der Waals surface area contributed by atoms with Gasteiger partial charge >= 0.3 is 0 Å². The van der Waals surface area contributed by atoms with Gasteiger partial charge in [-0.3, -0.25) is 4.79 Å². The van der Waals surface area contributed by atoms with E-state index in [0.29, 0.717) is 18.1 Å². The van der Waals surface area contributed by atoms with Gasteiger partial charge in [-0.25, -0.2) is 19.6 Å². The lowest BCUT2D eigenvalue weighted by Crippen LogP contribution is -2.15. The summed E-state index contributed by atoms with van der Waals surface area (Å²) in [7, 11) is 0. The molecule has 2 heterocycles. The van der Waals surface area contributed by atoms with E-state index in [1.54, 1.807) is 6.07 Å². The number of carbonyl (C=O) groups is 1. The second kappa shape index (κ2) is 5.91. The summed E-state index contributed by atoms with van der Waals surface area (Å²) < 4.78 is 1.49. The van der Waals surface area contributed by atoms with Crippen molar-refractivity contribution in [3.05, 3.63) is 60.9 Å². The number of anilines is 1. The zero-order chi connectivity index (χ0) is 14.5. The SMILES string of the molecule is O=C(Cc1ccccc1)Nc1cc(-n2cncn2)ncn1. The molecule has 3 rings (SSSR count). The molecule has 1 aromatic carbocycles. The van der Waals surface area contributed by atoms with Gasteiger partial charge in [-0.05, 0) is 5.56 Å². The molecule has 0 spiro atoms. The number of hydrogen-bond donors (Lipinski definition) is 1. The monoisotopic (exact) mass is 280 g/mol. The minimum absolute atomic E-state index is 0.135. The molecule has 7 nitrogen and oxygen atoms in total. The molecular formula is C14H12N6O. The van der Waals surface area contributed by atoms with Crippen LogP contribution >= 0.6 is 0 Å². The summed E-state index contributed by atoms with van der Waals surface area (Å²) in [6.45, 7) is 0. The van der Waals surface area contributed by atoms with Crippen LogP contribution < -0.4 is 5.32 Å².